The number of nitrogen functional groups attached to an aromatic ring is 1. The van der Waals surface area contributed by atoms with E-state index in [1.807, 2.05) is 19.2 Å². The van der Waals surface area contributed by atoms with Crippen LogP contribution in [-0.4, -0.2) is 7.05 Å². The maximum atomic E-state index is 5.86. The zero-order chi connectivity index (χ0) is 9.14. The average Bonchev–Trinajstić information content (AvgIpc) is 2.03. The lowest BCUT2D eigenvalue weighted by Gasteiger charge is -2.10. The number of hydrogen-bond donors (Lipinski definition) is 2. The van der Waals surface area contributed by atoms with Crippen LogP contribution in [0.4, 0.5) is 11.4 Å². The molecule has 0 aliphatic carbocycles. The van der Waals surface area contributed by atoms with Crippen LogP contribution in [0.5, 0.6) is 0 Å². The van der Waals surface area contributed by atoms with Gasteiger partial charge in [0.25, 0.3) is 0 Å². The van der Waals surface area contributed by atoms with Crippen molar-refractivity contribution in [3.8, 4) is 0 Å². The molecule has 0 aliphatic rings. The topological polar surface area (TPSA) is 38.0 Å². The van der Waals surface area contributed by atoms with Gasteiger partial charge in [0.1, 0.15) is 0 Å². The maximum absolute atomic E-state index is 5.86. The Hall–Kier alpha value is -1.18. The van der Waals surface area contributed by atoms with Gasteiger partial charge < -0.3 is 11.1 Å². The number of hydrogen-bond acceptors (Lipinski definition) is 2. The van der Waals surface area contributed by atoms with Gasteiger partial charge in [0, 0.05) is 18.4 Å². The predicted molar refractivity (Wildman–Crippen MR) is 54.5 cm³/mol. The summed E-state index contributed by atoms with van der Waals surface area (Å²) >= 11 is 0. The molecule has 0 saturated carbocycles. The third-order valence-corrected chi connectivity index (χ3v) is 2.00. The second-order valence-electron chi connectivity index (χ2n) is 3.25. The van der Waals surface area contributed by atoms with Gasteiger partial charge in [-0.3, -0.25) is 0 Å². The molecule has 0 atom stereocenters. The van der Waals surface area contributed by atoms with Crippen molar-refractivity contribution >= 4 is 11.4 Å². The van der Waals surface area contributed by atoms with E-state index in [-0.39, 0.29) is 0 Å². The molecule has 3 N–H and O–H groups in total. The van der Waals surface area contributed by atoms with Gasteiger partial charge in [-0.2, -0.15) is 0 Å². The Kier molecular flexibility index (Phi) is 2.58. The van der Waals surface area contributed by atoms with E-state index < -0.39 is 0 Å². The highest BCUT2D eigenvalue weighted by Gasteiger charge is 2.03. The first-order valence-corrected chi connectivity index (χ1v) is 4.22. The minimum Gasteiger partial charge on any atom is -0.398 e. The van der Waals surface area contributed by atoms with Crippen molar-refractivity contribution in [1.82, 2.24) is 0 Å². The molecule has 12 heavy (non-hydrogen) atoms. The summed E-state index contributed by atoms with van der Waals surface area (Å²) in [5, 5.41) is 3.05. The van der Waals surface area contributed by atoms with Crippen molar-refractivity contribution < 1.29 is 0 Å². The fraction of sp³-hybridized carbons (Fsp3) is 0.400. The van der Waals surface area contributed by atoms with Crippen LogP contribution in [0.2, 0.25) is 0 Å². The molecule has 0 bridgehead atoms. The van der Waals surface area contributed by atoms with Crippen LogP contribution in [0.1, 0.15) is 25.3 Å². The molecule has 0 radical (unpaired) electrons. The van der Waals surface area contributed by atoms with Gasteiger partial charge in [0.2, 0.25) is 0 Å². The maximum Gasteiger partial charge on any atom is 0.0369 e. The van der Waals surface area contributed by atoms with Crippen LogP contribution < -0.4 is 11.1 Å². The fourth-order valence-corrected chi connectivity index (χ4v) is 1.26. The first-order valence-electron chi connectivity index (χ1n) is 4.22. The SMILES string of the molecule is CNc1ccc(C(C)C)c(N)c1. The van der Waals surface area contributed by atoms with E-state index in [1.165, 1.54) is 5.56 Å². The molecule has 2 heteroatoms. The normalized spacial score (nSPS) is 10.3. The van der Waals surface area contributed by atoms with Crippen LogP contribution in [0, 0.1) is 0 Å². The van der Waals surface area contributed by atoms with Gasteiger partial charge in [-0.25, -0.2) is 0 Å². The van der Waals surface area contributed by atoms with E-state index in [2.05, 4.69) is 25.2 Å². The van der Waals surface area contributed by atoms with Crippen molar-refractivity contribution in [1.29, 1.82) is 0 Å². The van der Waals surface area contributed by atoms with Crippen molar-refractivity contribution in [2.45, 2.75) is 19.8 Å². The Balaban J connectivity index is 3.03. The summed E-state index contributed by atoms with van der Waals surface area (Å²) in [5.41, 5.74) is 9.01. The van der Waals surface area contributed by atoms with Gasteiger partial charge in [-0.1, -0.05) is 19.9 Å². The molecule has 0 fully saturated rings. The predicted octanol–water partition coefficient (Wildman–Crippen LogP) is 2.43. The molecule has 0 amide bonds. The molecule has 0 saturated heterocycles. The lowest BCUT2D eigenvalue weighted by molar-refractivity contribution is 0.870. The highest BCUT2D eigenvalue weighted by Crippen LogP contribution is 2.24. The second-order valence-corrected chi connectivity index (χ2v) is 3.25. The van der Waals surface area contributed by atoms with E-state index in [0.717, 1.165) is 11.4 Å². The Labute approximate surface area is 73.8 Å². The van der Waals surface area contributed by atoms with Gasteiger partial charge >= 0.3 is 0 Å². The van der Waals surface area contributed by atoms with Crippen LogP contribution in [0.25, 0.3) is 0 Å². The first kappa shape index (κ1) is 8.91. The summed E-state index contributed by atoms with van der Waals surface area (Å²) in [6, 6.07) is 6.09. The minimum absolute atomic E-state index is 0.496. The lowest BCUT2D eigenvalue weighted by atomic mass is 10.0. The summed E-state index contributed by atoms with van der Waals surface area (Å²) in [5.74, 6) is 0.496. The van der Waals surface area contributed by atoms with Crippen molar-refractivity contribution in [2.75, 3.05) is 18.1 Å². The van der Waals surface area contributed by atoms with Crippen molar-refractivity contribution in [3.63, 3.8) is 0 Å². The molecule has 1 rings (SSSR count). The van der Waals surface area contributed by atoms with Crippen LogP contribution in [0.15, 0.2) is 18.2 Å². The quantitative estimate of drug-likeness (QED) is 0.659. The third-order valence-electron chi connectivity index (χ3n) is 2.00. The summed E-state index contributed by atoms with van der Waals surface area (Å²) in [6.07, 6.45) is 0. The number of nitrogens with one attached hydrogen (secondary N) is 1. The van der Waals surface area contributed by atoms with Crippen molar-refractivity contribution in [3.05, 3.63) is 23.8 Å². The lowest BCUT2D eigenvalue weighted by Crippen LogP contribution is -1.98. The fourth-order valence-electron chi connectivity index (χ4n) is 1.26. The van der Waals surface area contributed by atoms with Gasteiger partial charge in [0.15, 0.2) is 0 Å². The second kappa shape index (κ2) is 3.48. The van der Waals surface area contributed by atoms with Gasteiger partial charge in [-0.15, -0.1) is 0 Å². The Bertz CT molecular complexity index is 267. The summed E-state index contributed by atoms with van der Waals surface area (Å²) in [7, 11) is 1.89. The summed E-state index contributed by atoms with van der Waals surface area (Å²) in [4.78, 5) is 0. The van der Waals surface area contributed by atoms with E-state index in [9.17, 15) is 0 Å². The summed E-state index contributed by atoms with van der Waals surface area (Å²) in [6.45, 7) is 4.29. The standard InChI is InChI=1S/C10H16N2/c1-7(2)9-5-4-8(12-3)6-10(9)11/h4-7,12H,11H2,1-3H3. The third kappa shape index (κ3) is 1.70. The highest BCUT2D eigenvalue weighted by molar-refractivity contribution is 5.59. The molecule has 2 nitrogen and oxygen atoms in total. The molecule has 0 unspecified atom stereocenters. The molecule has 1 aromatic carbocycles. The number of anilines is 2. The van der Waals surface area contributed by atoms with Crippen LogP contribution in [0.3, 0.4) is 0 Å². The number of nitrogens with two attached hydrogens (primary N) is 1. The molecular weight excluding hydrogens is 148 g/mol. The minimum atomic E-state index is 0.496. The molecule has 0 heterocycles. The highest BCUT2D eigenvalue weighted by atomic mass is 14.8. The zero-order valence-corrected chi connectivity index (χ0v) is 7.89. The monoisotopic (exact) mass is 164 g/mol. The molecule has 0 aliphatic heterocycles. The Morgan fingerprint density at radius 1 is 1.33 bits per heavy atom. The zero-order valence-electron chi connectivity index (χ0n) is 7.89. The van der Waals surface area contributed by atoms with E-state index in [1.54, 1.807) is 0 Å². The van der Waals surface area contributed by atoms with E-state index >= 15 is 0 Å². The number of benzene rings is 1. The molecule has 1 aromatic rings. The first-order chi connectivity index (χ1) is 5.65. The smallest absolute Gasteiger partial charge is 0.0369 e. The Morgan fingerprint density at radius 2 is 2.00 bits per heavy atom. The largest absolute Gasteiger partial charge is 0.398 e. The van der Waals surface area contributed by atoms with Crippen LogP contribution in [-0.2, 0) is 0 Å². The van der Waals surface area contributed by atoms with Gasteiger partial charge in [-0.05, 0) is 23.6 Å². The number of rotatable bonds is 2. The van der Waals surface area contributed by atoms with E-state index in [4.69, 9.17) is 5.73 Å². The molecule has 0 spiro atoms. The van der Waals surface area contributed by atoms with Crippen LogP contribution >= 0.6 is 0 Å². The summed E-state index contributed by atoms with van der Waals surface area (Å²) < 4.78 is 0. The Morgan fingerprint density at radius 3 is 2.42 bits per heavy atom. The van der Waals surface area contributed by atoms with E-state index in [0.29, 0.717) is 5.92 Å². The van der Waals surface area contributed by atoms with Gasteiger partial charge in [0.05, 0.1) is 0 Å². The molecule has 0 aromatic heterocycles. The molecule has 66 valence electrons. The molecular formula is C10H16N2. The average molecular weight is 164 g/mol. The van der Waals surface area contributed by atoms with Crippen molar-refractivity contribution in [2.24, 2.45) is 0 Å².